The van der Waals surface area contributed by atoms with Crippen molar-refractivity contribution in [1.82, 2.24) is 10.3 Å². The number of hydrogen-bond donors (Lipinski definition) is 1. The summed E-state index contributed by atoms with van der Waals surface area (Å²) in [6.45, 7) is 6.62. The van der Waals surface area contributed by atoms with Gasteiger partial charge in [0.25, 0.3) is 0 Å². The standard InChI is InChI=1S/C18H21F2N3O2/c1-18(2,3)25-17(24)22-12-5-7-23(10-12)15-4-6-21-16-13(15)8-11(19)9-14(16)20/h4,6,8-9,12H,5,7,10H2,1-3H3,(H,22,24). The van der Waals surface area contributed by atoms with E-state index in [-0.39, 0.29) is 11.6 Å². The Morgan fingerprint density at radius 1 is 1.36 bits per heavy atom. The molecule has 0 spiro atoms. The van der Waals surface area contributed by atoms with Crippen LogP contribution in [-0.2, 0) is 4.74 Å². The lowest BCUT2D eigenvalue weighted by molar-refractivity contribution is 0.0509. The first kappa shape index (κ1) is 17.4. The maximum absolute atomic E-state index is 13.9. The molecular formula is C18H21F2N3O2. The number of alkyl carbamates (subject to hydrolysis) is 1. The van der Waals surface area contributed by atoms with Crippen molar-refractivity contribution in [3.8, 4) is 0 Å². The van der Waals surface area contributed by atoms with Crippen LogP contribution in [0, 0.1) is 11.6 Å². The number of rotatable bonds is 2. The maximum atomic E-state index is 13.9. The van der Waals surface area contributed by atoms with Crippen LogP contribution in [0.25, 0.3) is 10.9 Å². The number of nitrogens with zero attached hydrogens (tertiary/aromatic N) is 2. The molecule has 2 aromatic rings. The molecule has 1 aromatic carbocycles. The Morgan fingerprint density at radius 2 is 2.12 bits per heavy atom. The number of hydrogen-bond acceptors (Lipinski definition) is 4. The largest absolute Gasteiger partial charge is 0.444 e. The van der Waals surface area contributed by atoms with Gasteiger partial charge in [0.15, 0.2) is 5.82 Å². The zero-order valence-corrected chi connectivity index (χ0v) is 14.5. The quantitative estimate of drug-likeness (QED) is 0.900. The van der Waals surface area contributed by atoms with Crippen LogP contribution in [0.2, 0.25) is 0 Å². The first-order valence-corrected chi connectivity index (χ1v) is 8.21. The monoisotopic (exact) mass is 349 g/mol. The molecule has 134 valence electrons. The molecule has 1 unspecified atom stereocenters. The van der Waals surface area contributed by atoms with Gasteiger partial charge >= 0.3 is 6.09 Å². The number of anilines is 1. The molecule has 0 aliphatic carbocycles. The summed E-state index contributed by atoms with van der Waals surface area (Å²) in [5.41, 5.74) is 0.290. The second kappa shape index (κ2) is 6.46. The molecule has 1 aromatic heterocycles. The average Bonchev–Trinajstić information content (AvgIpc) is 2.92. The highest BCUT2D eigenvalue weighted by atomic mass is 19.1. The molecule has 0 saturated carbocycles. The highest BCUT2D eigenvalue weighted by Crippen LogP contribution is 2.30. The molecule has 1 amide bonds. The van der Waals surface area contributed by atoms with Gasteiger partial charge in [-0.2, -0.15) is 0 Å². The minimum absolute atomic E-state index is 0.0866. The van der Waals surface area contributed by atoms with Gasteiger partial charge in [-0.3, -0.25) is 4.98 Å². The number of fused-ring (bicyclic) bond motifs is 1. The number of amides is 1. The van der Waals surface area contributed by atoms with E-state index >= 15 is 0 Å². The predicted molar refractivity (Wildman–Crippen MR) is 91.6 cm³/mol. The third-order valence-electron chi connectivity index (χ3n) is 3.99. The van der Waals surface area contributed by atoms with E-state index in [1.54, 1.807) is 26.8 Å². The number of carbonyl (C=O) groups excluding carboxylic acids is 1. The number of aromatic nitrogens is 1. The second-order valence-electron chi connectivity index (χ2n) is 7.19. The van der Waals surface area contributed by atoms with Crippen LogP contribution in [0.1, 0.15) is 27.2 Å². The van der Waals surface area contributed by atoms with Crippen LogP contribution >= 0.6 is 0 Å². The molecule has 25 heavy (non-hydrogen) atoms. The van der Waals surface area contributed by atoms with Crippen molar-refractivity contribution in [1.29, 1.82) is 0 Å². The summed E-state index contributed by atoms with van der Waals surface area (Å²) in [6, 6.07) is 3.76. The summed E-state index contributed by atoms with van der Waals surface area (Å²) in [4.78, 5) is 17.9. The fourth-order valence-corrected chi connectivity index (χ4v) is 3.01. The summed E-state index contributed by atoms with van der Waals surface area (Å²) < 4.78 is 32.8. The lowest BCUT2D eigenvalue weighted by Crippen LogP contribution is -2.40. The van der Waals surface area contributed by atoms with E-state index in [4.69, 9.17) is 4.74 Å². The average molecular weight is 349 g/mol. The van der Waals surface area contributed by atoms with Gasteiger partial charge in [-0.1, -0.05) is 0 Å². The Labute approximate surface area is 145 Å². The number of pyridine rings is 1. The minimum Gasteiger partial charge on any atom is -0.444 e. The number of halogens is 2. The van der Waals surface area contributed by atoms with Crippen LogP contribution in [0.3, 0.4) is 0 Å². The molecule has 1 atom stereocenters. The molecule has 0 bridgehead atoms. The number of ether oxygens (including phenoxy) is 1. The molecule has 7 heteroatoms. The normalized spacial score (nSPS) is 17.8. The number of nitrogens with one attached hydrogen (secondary N) is 1. The third kappa shape index (κ3) is 3.97. The smallest absolute Gasteiger partial charge is 0.407 e. The summed E-state index contributed by atoms with van der Waals surface area (Å²) in [7, 11) is 0. The minimum atomic E-state index is -0.681. The van der Waals surface area contributed by atoms with Crippen molar-refractivity contribution in [3.05, 3.63) is 36.0 Å². The number of benzene rings is 1. The van der Waals surface area contributed by atoms with E-state index in [1.165, 1.54) is 12.3 Å². The summed E-state index contributed by atoms with van der Waals surface area (Å²) in [5.74, 6) is -1.32. The van der Waals surface area contributed by atoms with Crippen molar-refractivity contribution >= 4 is 22.7 Å². The van der Waals surface area contributed by atoms with E-state index < -0.39 is 23.3 Å². The van der Waals surface area contributed by atoms with E-state index in [2.05, 4.69) is 10.3 Å². The van der Waals surface area contributed by atoms with E-state index in [0.717, 1.165) is 12.5 Å². The Bertz CT molecular complexity index is 805. The zero-order valence-electron chi connectivity index (χ0n) is 14.5. The lowest BCUT2D eigenvalue weighted by atomic mass is 10.1. The topological polar surface area (TPSA) is 54.5 Å². The Hall–Kier alpha value is -2.44. The van der Waals surface area contributed by atoms with Crippen molar-refractivity contribution in [2.45, 2.75) is 38.8 Å². The molecule has 5 nitrogen and oxygen atoms in total. The molecule has 1 fully saturated rings. The highest BCUT2D eigenvalue weighted by molar-refractivity contribution is 5.92. The Balaban J connectivity index is 1.76. The van der Waals surface area contributed by atoms with Crippen LogP contribution in [-0.4, -0.2) is 35.8 Å². The molecule has 1 aliphatic rings. The molecular weight excluding hydrogens is 328 g/mol. The highest BCUT2D eigenvalue weighted by Gasteiger charge is 2.27. The Kier molecular flexibility index (Phi) is 4.49. The fourth-order valence-electron chi connectivity index (χ4n) is 3.01. The zero-order chi connectivity index (χ0) is 18.2. The SMILES string of the molecule is CC(C)(C)OC(=O)NC1CCN(c2ccnc3c(F)cc(F)cc23)C1. The van der Waals surface area contributed by atoms with Gasteiger partial charge in [0.05, 0.1) is 6.04 Å². The molecule has 2 heterocycles. The van der Waals surface area contributed by atoms with Crippen molar-refractivity contribution in [2.75, 3.05) is 18.0 Å². The Morgan fingerprint density at radius 3 is 2.84 bits per heavy atom. The molecule has 1 N–H and O–H groups in total. The molecule has 0 radical (unpaired) electrons. The van der Waals surface area contributed by atoms with E-state index in [1.807, 2.05) is 4.90 Å². The maximum Gasteiger partial charge on any atom is 0.407 e. The molecule has 3 rings (SSSR count). The van der Waals surface area contributed by atoms with Crippen LogP contribution in [0.4, 0.5) is 19.3 Å². The molecule has 1 aliphatic heterocycles. The lowest BCUT2D eigenvalue weighted by Gasteiger charge is -2.23. The fraction of sp³-hybridized carbons (Fsp3) is 0.444. The number of carbonyl (C=O) groups is 1. The van der Waals surface area contributed by atoms with Gasteiger partial charge in [0.2, 0.25) is 0 Å². The summed E-state index contributed by atoms with van der Waals surface area (Å²) in [5, 5.41) is 3.27. The van der Waals surface area contributed by atoms with Gasteiger partial charge in [0.1, 0.15) is 16.9 Å². The molecule has 1 saturated heterocycles. The van der Waals surface area contributed by atoms with Crippen LogP contribution in [0.15, 0.2) is 24.4 Å². The van der Waals surface area contributed by atoms with Gasteiger partial charge in [-0.05, 0) is 39.3 Å². The van der Waals surface area contributed by atoms with Crippen molar-refractivity contribution in [3.63, 3.8) is 0 Å². The van der Waals surface area contributed by atoms with Gasteiger partial charge < -0.3 is 15.0 Å². The van der Waals surface area contributed by atoms with Gasteiger partial charge in [0, 0.05) is 36.4 Å². The summed E-state index contributed by atoms with van der Waals surface area (Å²) >= 11 is 0. The van der Waals surface area contributed by atoms with Crippen LogP contribution in [0.5, 0.6) is 0 Å². The van der Waals surface area contributed by atoms with E-state index in [0.29, 0.717) is 24.2 Å². The van der Waals surface area contributed by atoms with Gasteiger partial charge in [-0.15, -0.1) is 0 Å². The van der Waals surface area contributed by atoms with Crippen molar-refractivity contribution in [2.24, 2.45) is 0 Å². The van der Waals surface area contributed by atoms with Crippen molar-refractivity contribution < 1.29 is 18.3 Å². The predicted octanol–water partition coefficient (Wildman–Crippen LogP) is 3.62. The first-order valence-electron chi connectivity index (χ1n) is 8.21. The van der Waals surface area contributed by atoms with Crippen LogP contribution < -0.4 is 10.2 Å². The first-order chi connectivity index (χ1) is 11.7. The third-order valence-corrected chi connectivity index (χ3v) is 3.99. The second-order valence-corrected chi connectivity index (χ2v) is 7.19. The van der Waals surface area contributed by atoms with Gasteiger partial charge in [-0.25, -0.2) is 13.6 Å². The van der Waals surface area contributed by atoms with E-state index in [9.17, 15) is 13.6 Å². The summed E-state index contributed by atoms with van der Waals surface area (Å²) in [6.07, 6.45) is 1.77.